The van der Waals surface area contributed by atoms with E-state index in [-0.39, 0.29) is 0 Å². The van der Waals surface area contributed by atoms with Crippen molar-refractivity contribution in [1.29, 1.82) is 0 Å². The number of aromatic nitrogens is 1. The summed E-state index contributed by atoms with van der Waals surface area (Å²) in [6, 6.07) is 2.61. The fourth-order valence-electron chi connectivity index (χ4n) is 2.38. The highest BCUT2D eigenvalue weighted by Crippen LogP contribution is 2.25. The van der Waals surface area contributed by atoms with Crippen LogP contribution in [0.25, 0.3) is 0 Å². The molecule has 0 bridgehead atoms. The summed E-state index contributed by atoms with van der Waals surface area (Å²) in [5.74, 6) is 0. The highest BCUT2D eigenvalue weighted by Gasteiger charge is 2.18. The normalized spacial score (nSPS) is 19.5. The minimum atomic E-state index is 0.603. The lowest BCUT2D eigenvalue weighted by atomic mass is 10.2. The zero-order chi connectivity index (χ0) is 12.1. The molecule has 1 N–H and O–H groups in total. The fourth-order valence-corrected chi connectivity index (χ4v) is 2.62. The SMILES string of the molecule is CCCN(CC1CCCN1)c1ccncc1Cl. The molecule has 94 valence electrons. The van der Waals surface area contributed by atoms with Crippen molar-refractivity contribution in [1.82, 2.24) is 10.3 Å². The molecule has 0 spiro atoms. The number of hydrogen-bond donors (Lipinski definition) is 1. The maximum absolute atomic E-state index is 6.22. The molecule has 0 amide bonds. The van der Waals surface area contributed by atoms with Gasteiger partial charge in [-0.05, 0) is 31.9 Å². The molecule has 1 aliphatic heterocycles. The summed E-state index contributed by atoms with van der Waals surface area (Å²) in [7, 11) is 0. The molecule has 1 aromatic heterocycles. The van der Waals surface area contributed by atoms with Gasteiger partial charge < -0.3 is 10.2 Å². The third-order valence-corrected chi connectivity index (χ3v) is 3.48. The second-order valence-corrected chi connectivity index (χ2v) is 4.97. The second-order valence-electron chi connectivity index (χ2n) is 4.57. The van der Waals surface area contributed by atoms with Gasteiger partial charge in [0.05, 0.1) is 10.7 Å². The smallest absolute Gasteiger partial charge is 0.0822 e. The molecule has 1 aromatic rings. The van der Waals surface area contributed by atoms with Gasteiger partial charge in [-0.1, -0.05) is 18.5 Å². The first-order valence-electron chi connectivity index (χ1n) is 6.39. The van der Waals surface area contributed by atoms with Crippen LogP contribution in [0.3, 0.4) is 0 Å². The molecule has 0 saturated carbocycles. The highest BCUT2D eigenvalue weighted by molar-refractivity contribution is 6.33. The van der Waals surface area contributed by atoms with Gasteiger partial charge in [-0.2, -0.15) is 0 Å². The van der Waals surface area contributed by atoms with E-state index in [0.29, 0.717) is 6.04 Å². The monoisotopic (exact) mass is 253 g/mol. The van der Waals surface area contributed by atoms with Gasteiger partial charge in [0.2, 0.25) is 0 Å². The summed E-state index contributed by atoms with van der Waals surface area (Å²) < 4.78 is 0. The molecule has 2 rings (SSSR count). The van der Waals surface area contributed by atoms with Gasteiger partial charge in [0, 0.05) is 31.5 Å². The van der Waals surface area contributed by atoms with Gasteiger partial charge in [-0.25, -0.2) is 0 Å². The molecule has 0 aliphatic carbocycles. The van der Waals surface area contributed by atoms with Crippen molar-refractivity contribution in [3.63, 3.8) is 0 Å². The van der Waals surface area contributed by atoms with E-state index in [9.17, 15) is 0 Å². The van der Waals surface area contributed by atoms with Crippen LogP contribution in [0.2, 0.25) is 5.02 Å². The maximum atomic E-state index is 6.22. The molecule has 1 atom stereocenters. The Labute approximate surface area is 108 Å². The van der Waals surface area contributed by atoms with Crippen molar-refractivity contribution in [2.75, 3.05) is 24.5 Å². The Kier molecular flexibility index (Phi) is 4.63. The zero-order valence-electron chi connectivity index (χ0n) is 10.3. The largest absolute Gasteiger partial charge is 0.369 e. The van der Waals surface area contributed by atoms with E-state index in [4.69, 9.17) is 11.6 Å². The summed E-state index contributed by atoms with van der Waals surface area (Å²) in [5, 5.41) is 4.28. The molecule has 17 heavy (non-hydrogen) atoms. The molecule has 1 saturated heterocycles. The average Bonchev–Trinajstić information content (AvgIpc) is 2.82. The van der Waals surface area contributed by atoms with E-state index in [0.717, 1.165) is 36.8 Å². The first kappa shape index (κ1) is 12.7. The first-order chi connectivity index (χ1) is 8.31. The van der Waals surface area contributed by atoms with Crippen LogP contribution in [0.4, 0.5) is 5.69 Å². The number of nitrogens with zero attached hydrogens (tertiary/aromatic N) is 2. The summed E-state index contributed by atoms with van der Waals surface area (Å²) >= 11 is 6.22. The summed E-state index contributed by atoms with van der Waals surface area (Å²) in [4.78, 5) is 6.41. The Hall–Kier alpha value is -0.800. The predicted molar refractivity (Wildman–Crippen MR) is 72.8 cm³/mol. The van der Waals surface area contributed by atoms with Gasteiger partial charge in [0.1, 0.15) is 0 Å². The Morgan fingerprint density at radius 1 is 1.59 bits per heavy atom. The third kappa shape index (κ3) is 3.33. The van der Waals surface area contributed by atoms with Crippen LogP contribution in [-0.2, 0) is 0 Å². The standard InChI is InChI=1S/C13H20ClN3/c1-2-8-17(10-11-4-3-6-16-11)13-5-7-15-9-12(13)14/h5,7,9,11,16H,2-4,6,8,10H2,1H3. The number of hydrogen-bond acceptors (Lipinski definition) is 3. The van der Waals surface area contributed by atoms with Crippen molar-refractivity contribution in [3.05, 3.63) is 23.5 Å². The molecular weight excluding hydrogens is 234 g/mol. The lowest BCUT2D eigenvalue weighted by Gasteiger charge is -2.28. The van der Waals surface area contributed by atoms with Crippen LogP contribution in [0.1, 0.15) is 26.2 Å². The lowest BCUT2D eigenvalue weighted by Crippen LogP contribution is -2.38. The fraction of sp³-hybridized carbons (Fsp3) is 0.615. The topological polar surface area (TPSA) is 28.2 Å². The molecule has 0 radical (unpaired) electrons. The second kappa shape index (κ2) is 6.22. The molecule has 4 heteroatoms. The Bertz CT molecular complexity index is 350. The van der Waals surface area contributed by atoms with Gasteiger partial charge in [-0.15, -0.1) is 0 Å². The molecule has 1 aliphatic rings. The van der Waals surface area contributed by atoms with E-state index < -0.39 is 0 Å². The molecule has 2 heterocycles. The molecule has 1 unspecified atom stereocenters. The number of halogens is 1. The van der Waals surface area contributed by atoms with Crippen LogP contribution < -0.4 is 10.2 Å². The predicted octanol–water partition coefficient (Wildman–Crippen LogP) is 2.70. The summed E-state index contributed by atoms with van der Waals surface area (Å²) in [6.07, 6.45) is 7.22. The minimum absolute atomic E-state index is 0.603. The van der Waals surface area contributed by atoms with Gasteiger partial charge in [-0.3, -0.25) is 4.98 Å². The molecule has 0 aromatic carbocycles. The van der Waals surface area contributed by atoms with Crippen molar-refractivity contribution < 1.29 is 0 Å². The van der Waals surface area contributed by atoms with E-state index in [1.807, 2.05) is 12.3 Å². The Balaban J connectivity index is 2.08. The molecule has 1 fully saturated rings. The maximum Gasteiger partial charge on any atom is 0.0822 e. The van der Waals surface area contributed by atoms with E-state index >= 15 is 0 Å². The number of nitrogens with one attached hydrogen (secondary N) is 1. The first-order valence-corrected chi connectivity index (χ1v) is 6.77. The van der Waals surface area contributed by atoms with Crippen molar-refractivity contribution in [2.24, 2.45) is 0 Å². The molecule has 3 nitrogen and oxygen atoms in total. The van der Waals surface area contributed by atoms with Gasteiger partial charge in [0.15, 0.2) is 0 Å². The Morgan fingerprint density at radius 3 is 3.12 bits per heavy atom. The number of pyridine rings is 1. The third-order valence-electron chi connectivity index (χ3n) is 3.19. The Morgan fingerprint density at radius 2 is 2.47 bits per heavy atom. The van der Waals surface area contributed by atoms with E-state index in [1.165, 1.54) is 12.8 Å². The minimum Gasteiger partial charge on any atom is -0.369 e. The van der Waals surface area contributed by atoms with Crippen molar-refractivity contribution in [2.45, 2.75) is 32.2 Å². The lowest BCUT2D eigenvalue weighted by molar-refractivity contribution is 0.578. The van der Waals surface area contributed by atoms with Crippen molar-refractivity contribution >= 4 is 17.3 Å². The summed E-state index contributed by atoms with van der Waals surface area (Å²) in [5.41, 5.74) is 1.11. The van der Waals surface area contributed by atoms with Crippen LogP contribution in [-0.4, -0.2) is 30.7 Å². The van der Waals surface area contributed by atoms with Gasteiger partial charge in [0.25, 0.3) is 0 Å². The van der Waals surface area contributed by atoms with Crippen molar-refractivity contribution in [3.8, 4) is 0 Å². The van der Waals surface area contributed by atoms with Gasteiger partial charge >= 0.3 is 0 Å². The highest BCUT2D eigenvalue weighted by atomic mass is 35.5. The van der Waals surface area contributed by atoms with Crippen LogP contribution >= 0.6 is 11.6 Å². The molecular formula is C13H20ClN3. The van der Waals surface area contributed by atoms with Crippen LogP contribution in [0.15, 0.2) is 18.5 Å². The quantitative estimate of drug-likeness (QED) is 0.875. The van der Waals surface area contributed by atoms with Crippen LogP contribution in [0, 0.1) is 0 Å². The van der Waals surface area contributed by atoms with E-state index in [1.54, 1.807) is 6.20 Å². The average molecular weight is 254 g/mol. The number of anilines is 1. The summed E-state index contributed by atoms with van der Waals surface area (Å²) in [6.45, 7) is 5.43. The zero-order valence-corrected chi connectivity index (χ0v) is 11.1. The van der Waals surface area contributed by atoms with E-state index in [2.05, 4.69) is 22.1 Å². The number of rotatable bonds is 5. The van der Waals surface area contributed by atoms with Crippen LogP contribution in [0.5, 0.6) is 0 Å².